The summed E-state index contributed by atoms with van der Waals surface area (Å²) < 4.78 is 7.88. The summed E-state index contributed by atoms with van der Waals surface area (Å²) in [6.45, 7) is 2.61. The normalized spacial score (nSPS) is 25.0. The third-order valence-corrected chi connectivity index (χ3v) is 4.09. The van der Waals surface area contributed by atoms with Gasteiger partial charge in [0, 0.05) is 12.2 Å². The summed E-state index contributed by atoms with van der Waals surface area (Å²) >= 11 is 0. The highest BCUT2D eigenvalue weighted by Gasteiger charge is 2.18. The summed E-state index contributed by atoms with van der Waals surface area (Å²) in [5.41, 5.74) is 1.07. The van der Waals surface area contributed by atoms with Gasteiger partial charge in [-0.15, -0.1) is 0 Å². The minimum absolute atomic E-state index is 0.557. The molecule has 100 valence electrons. The van der Waals surface area contributed by atoms with E-state index in [2.05, 4.69) is 27.4 Å². The van der Waals surface area contributed by atoms with Gasteiger partial charge in [0.1, 0.15) is 0 Å². The minimum Gasteiger partial charge on any atom is -0.373 e. The highest BCUT2D eigenvalue weighted by atomic mass is 16.5. The van der Waals surface area contributed by atoms with Crippen molar-refractivity contribution in [3.8, 4) is 0 Å². The molecule has 0 spiro atoms. The van der Waals surface area contributed by atoms with Crippen molar-refractivity contribution in [3.63, 3.8) is 0 Å². The summed E-state index contributed by atoms with van der Waals surface area (Å²) in [6, 6.07) is 3.29. The molecule has 1 aromatic heterocycles. The lowest BCUT2D eigenvalue weighted by Gasteiger charge is -2.10. The monoisotopic (exact) mass is 249 g/mol. The Balaban J connectivity index is 1.44. The van der Waals surface area contributed by atoms with Gasteiger partial charge < -0.3 is 10.1 Å². The standard InChI is InChI=1S/C14H23N3O/c1-2-6-14(5-1)17-9-7-13(16-17)11-18-10-12-4-3-8-15-12/h7,9,12,14-15H,1-6,8,10-11H2. The second kappa shape index (κ2) is 5.85. The van der Waals surface area contributed by atoms with E-state index in [9.17, 15) is 0 Å². The fourth-order valence-electron chi connectivity index (χ4n) is 3.03. The predicted molar refractivity (Wildman–Crippen MR) is 70.4 cm³/mol. The smallest absolute Gasteiger partial charge is 0.0907 e. The molecule has 0 radical (unpaired) electrons. The van der Waals surface area contributed by atoms with Crippen LogP contribution in [0.4, 0.5) is 0 Å². The van der Waals surface area contributed by atoms with Gasteiger partial charge in [-0.3, -0.25) is 4.68 Å². The topological polar surface area (TPSA) is 39.1 Å². The average Bonchev–Trinajstić information content (AvgIpc) is 3.12. The summed E-state index contributed by atoms with van der Waals surface area (Å²) in [5, 5.41) is 8.07. The van der Waals surface area contributed by atoms with E-state index in [0.717, 1.165) is 18.8 Å². The maximum Gasteiger partial charge on any atom is 0.0907 e. The molecule has 1 aliphatic heterocycles. The third-order valence-electron chi connectivity index (χ3n) is 4.09. The molecule has 4 heteroatoms. The van der Waals surface area contributed by atoms with E-state index < -0.39 is 0 Å². The largest absolute Gasteiger partial charge is 0.373 e. The SMILES string of the molecule is c1cn(C2CCCC2)nc1COCC1CCCN1. The van der Waals surface area contributed by atoms with Gasteiger partial charge in [0.05, 0.1) is 24.9 Å². The van der Waals surface area contributed by atoms with Crippen molar-refractivity contribution in [1.29, 1.82) is 0 Å². The number of ether oxygens (including phenoxy) is 1. The van der Waals surface area contributed by atoms with Crippen LogP contribution in [0.2, 0.25) is 0 Å². The van der Waals surface area contributed by atoms with Crippen molar-refractivity contribution in [3.05, 3.63) is 18.0 Å². The molecule has 0 aromatic carbocycles. The van der Waals surface area contributed by atoms with Crippen molar-refractivity contribution in [2.24, 2.45) is 0 Å². The number of aromatic nitrogens is 2. The predicted octanol–water partition coefficient (Wildman–Crippen LogP) is 2.27. The van der Waals surface area contributed by atoms with E-state index in [1.807, 2.05) is 0 Å². The molecule has 2 fully saturated rings. The molecule has 4 nitrogen and oxygen atoms in total. The summed E-state index contributed by atoms with van der Waals surface area (Å²) in [6.07, 6.45) is 9.92. The van der Waals surface area contributed by atoms with Gasteiger partial charge in [-0.1, -0.05) is 12.8 Å². The molecular formula is C14H23N3O. The molecule has 1 unspecified atom stereocenters. The lowest BCUT2D eigenvalue weighted by atomic mass is 10.2. The molecule has 18 heavy (non-hydrogen) atoms. The van der Waals surface area contributed by atoms with Crippen molar-refractivity contribution in [1.82, 2.24) is 15.1 Å². The maximum absolute atomic E-state index is 5.74. The van der Waals surface area contributed by atoms with Crippen LogP contribution in [0.25, 0.3) is 0 Å². The van der Waals surface area contributed by atoms with E-state index in [1.54, 1.807) is 0 Å². The quantitative estimate of drug-likeness (QED) is 0.870. The van der Waals surface area contributed by atoms with Crippen LogP contribution < -0.4 is 5.32 Å². The highest BCUT2D eigenvalue weighted by Crippen LogP contribution is 2.28. The fraction of sp³-hybridized carbons (Fsp3) is 0.786. The van der Waals surface area contributed by atoms with Gasteiger partial charge in [0.25, 0.3) is 0 Å². The number of hydrogen-bond donors (Lipinski definition) is 1. The van der Waals surface area contributed by atoms with Crippen LogP contribution in [0.15, 0.2) is 12.3 Å². The molecule has 0 bridgehead atoms. The van der Waals surface area contributed by atoms with Crippen LogP contribution >= 0.6 is 0 Å². The first-order valence-electron chi connectivity index (χ1n) is 7.27. The fourth-order valence-corrected chi connectivity index (χ4v) is 3.03. The van der Waals surface area contributed by atoms with Crippen LogP contribution in [0.3, 0.4) is 0 Å². The van der Waals surface area contributed by atoms with E-state index >= 15 is 0 Å². The van der Waals surface area contributed by atoms with Crippen LogP contribution in [-0.4, -0.2) is 29.0 Å². The summed E-state index contributed by atoms with van der Waals surface area (Å²) in [7, 11) is 0. The molecule has 0 amide bonds. The average molecular weight is 249 g/mol. The molecule has 3 rings (SSSR count). The molecule has 2 heterocycles. The van der Waals surface area contributed by atoms with E-state index in [0.29, 0.717) is 18.7 Å². The second-order valence-corrected chi connectivity index (χ2v) is 5.53. The number of nitrogens with one attached hydrogen (secondary N) is 1. The Labute approximate surface area is 109 Å². The molecule has 2 aliphatic rings. The van der Waals surface area contributed by atoms with Gasteiger partial charge in [-0.2, -0.15) is 5.10 Å². The van der Waals surface area contributed by atoms with Crippen molar-refractivity contribution < 1.29 is 4.74 Å². The zero-order valence-corrected chi connectivity index (χ0v) is 11.0. The van der Waals surface area contributed by atoms with Gasteiger partial charge in [-0.25, -0.2) is 0 Å². The number of hydrogen-bond acceptors (Lipinski definition) is 3. The lowest BCUT2D eigenvalue weighted by molar-refractivity contribution is 0.100. The Kier molecular flexibility index (Phi) is 3.96. The lowest BCUT2D eigenvalue weighted by Crippen LogP contribution is -2.26. The Morgan fingerprint density at radius 2 is 2.17 bits per heavy atom. The third kappa shape index (κ3) is 2.93. The van der Waals surface area contributed by atoms with Gasteiger partial charge in [0.15, 0.2) is 0 Å². The molecule has 1 N–H and O–H groups in total. The summed E-state index contributed by atoms with van der Waals surface area (Å²) in [5.74, 6) is 0. The summed E-state index contributed by atoms with van der Waals surface area (Å²) in [4.78, 5) is 0. The molecule has 1 saturated heterocycles. The molecule has 1 aromatic rings. The highest BCUT2D eigenvalue weighted by molar-refractivity contribution is 4.98. The van der Waals surface area contributed by atoms with E-state index in [-0.39, 0.29) is 0 Å². The Bertz CT molecular complexity index is 365. The molecular weight excluding hydrogens is 226 g/mol. The molecule has 1 aliphatic carbocycles. The van der Waals surface area contributed by atoms with Crippen LogP contribution in [0, 0.1) is 0 Å². The Morgan fingerprint density at radius 1 is 1.28 bits per heavy atom. The van der Waals surface area contributed by atoms with Crippen LogP contribution in [0.5, 0.6) is 0 Å². The Hall–Kier alpha value is -0.870. The van der Waals surface area contributed by atoms with E-state index in [4.69, 9.17) is 4.74 Å². The minimum atomic E-state index is 0.557. The van der Waals surface area contributed by atoms with Gasteiger partial charge in [0.2, 0.25) is 0 Å². The second-order valence-electron chi connectivity index (χ2n) is 5.53. The zero-order chi connectivity index (χ0) is 12.2. The van der Waals surface area contributed by atoms with Crippen molar-refractivity contribution in [2.45, 2.75) is 57.2 Å². The first kappa shape index (κ1) is 12.2. The molecule has 1 saturated carbocycles. The maximum atomic E-state index is 5.74. The van der Waals surface area contributed by atoms with Crippen LogP contribution in [0.1, 0.15) is 50.3 Å². The zero-order valence-electron chi connectivity index (χ0n) is 11.0. The number of nitrogens with zero attached hydrogens (tertiary/aromatic N) is 2. The van der Waals surface area contributed by atoms with Crippen LogP contribution in [-0.2, 0) is 11.3 Å². The first-order chi connectivity index (χ1) is 8.92. The van der Waals surface area contributed by atoms with Crippen molar-refractivity contribution in [2.75, 3.05) is 13.2 Å². The Morgan fingerprint density at radius 3 is 2.94 bits per heavy atom. The van der Waals surface area contributed by atoms with Gasteiger partial charge >= 0.3 is 0 Å². The molecule has 1 atom stereocenters. The number of rotatable bonds is 5. The van der Waals surface area contributed by atoms with E-state index in [1.165, 1.54) is 38.5 Å². The van der Waals surface area contributed by atoms with Gasteiger partial charge in [-0.05, 0) is 38.3 Å². The first-order valence-corrected chi connectivity index (χ1v) is 7.27. The van der Waals surface area contributed by atoms with Crippen molar-refractivity contribution >= 4 is 0 Å².